The van der Waals surface area contributed by atoms with Gasteiger partial charge >= 0.3 is 0 Å². The third-order valence-electron chi connectivity index (χ3n) is 5.13. The minimum absolute atomic E-state index is 0.0571. The van der Waals surface area contributed by atoms with Crippen molar-refractivity contribution in [3.63, 3.8) is 0 Å². The molecule has 2 fully saturated rings. The molecule has 2 aromatic rings. The molecule has 2 saturated heterocycles. The molecule has 9 nitrogen and oxygen atoms in total. The SMILES string of the molecule is CN1CCOC2CN(c3cnn(-c4ccc([N+](=O)[O-])cc4)c(=O)c3Cl)CC21. The molecule has 0 saturated carbocycles. The highest BCUT2D eigenvalue weighted by atomic mass is 35.5. The Balaban J connectivity index is 1.63. The standard InChI is InChI=1S/C17H18ClN5O4/c1-20-6-7-27-15-10-21(9-14(15)20)13-8-19-22(17(24)16(13)18)11-2-4-12(5-3-11)23(25)26/h2-5,8,14-15H,6-7,9-10H2,1H3. The molecule has 3 heterocycles. The van der Waals surface area contributed by atoms with Crippen molar-refractivity contribution < 1.29 is 9.66 Å². The van der Waals surface area contributed by atoms with Crippen molar-refractivity contribution >= 4 is 23.0 Å². The quantitative estimate of drug-likeness (QED) is 0.575. The maximum atomic E-state index is 12.7. The van der Waals surface area contributed by atoms with E-state index in [-0.39, 0.29) is 22.9 Å². The number of nitrogens with zero attached hydrogens (tertiary/aromatic N) is 5. The van der Waals surface area contributed by atoms with Crippen LogP contribution in [0.2, 0.25) is 5.02 Å². The number of rotatable bonds is 3. The average molecular weight is 392 g/mol. The predicted molar refractivity (Wildman–Crippen MR) is 99.9 cm³/mol. The van der Waals surface area contributed by atoms with Gasteiger partial charge in [-0.15, -0.1) is 0 Å². The van der Waals surface area contributed by atoms with Crippen molar-refractivity contribution in [1.82, 2.24) is 14.7 Å². The maximum absolute atomic E-state index is 12.7. The first-order valence-electron chi connectivity index (χ1n) is 8.55. The Morgan fingerprint density at radius 2 is 2.04 bits per heavy atom. The van der Waals surface area contributed by atoms with Gasteiger partial charge in [-0.3, -0.25) is 19.8 Å². The number of benzene rings is 1. The second-order valence-corrected chi connectivity index (χ2v) is 7.07. The first kappa shape index (κ1) is 17.9. The van der Waals surface area contributed by atoms with Gasteiger partial charge in [0.05, 0.1) is 41.2 Å². The summed E-state index contributed by atoms with van der Waals surface area (Å²) in [6, 6.07) is 5.84. The summed E-state index contributed by atoms with van der Waals surface area (Å²) in [5.74, 6) is 0. The average Bonchev–Trinajstić information content (AvgIpc) is 3.09. The number of ether oxygens (including phenoxy) is 1. The number of nitro benzene ring substituents is 1. The lowest BCUT2D eigenvalue weighted by Gasteiger charge is -2.33. The van der Waals surface area contributed by atoms with Gasteiger partial charge in [-0.1, -0.05) is 11.6 Å². The first-order chi connectivity index (χ1) is 13.0. The van der Waals surface area contributed by atoms with Crippen LogP contribution in [0.3, 0.4) is 0 Å². The summed E-state index contributed by atoms with van der Waals surface area (Å²) in [4.78, 5) is 27.3. The summed E-state index contributed by atoms with van der Waals surface area (Å²) < 4.78 is 6.97. The lowest BCUT2D eigenvalue weighted by Crippen LogP contribution is -2.48. The second kappa shape index (κ2) is 6.91. The number of non-ortho nitro benzene ring substituents is 1. The van der Waals surface area contributed by atoms with Crippen molar-refractivity contribution in [2.24, 2.45) is 0 Å². The topological polar surface area (TPSA) is 93.7 Å². The molecule has 142 valence electrons. The molecule has 2 unspecified atom stereocenters. The van der Waals surface area contributed by atoms with E-state index >= 15 is 0 Å². The van der Waals surface area contributed by atoms with Crippen molar-refractivity contribution in [3.05, 3.63) is 56.0 Å². The first-order valence-corrected chi connectivity index (χ1v) is 8.93. The van der Waals surface area contributed by atoms with Gasteiger partial charge in [0.25, 0.3) is 11.2 Å². The monoisotopic (exact) mass is 391 g/mol. The lowest BCUT2D eigenvalue weighted by atomic mass is 10.1. The number of anilines is 1. The van der Waals surface area contributed by atoms with Crippen LogP contribution in [0, 0.1) is 10.1 Å². The van der Waals surface area contributed by atoms with Crippen LogP contribution in [-0.2, 0) is 4.74 Å². The maximum Gasteiger partial charge on any atom is 0.292 e. The fraction of sp³-hybridized carbons (Fsp3) is 0.412. The van der Waals surface area contributed by atoms with Crippen LogP contribution in [0.1, 0.15) is 0 Å². The minimum atomic E-state index is -0.498. The van der Waals surface area contributed by atoms with Crippen LogP contribution >= 0.6 is 11.6 Å². The van der Waals surface area contributed by atoms with Gasteiger partial charge in [0, 0.05) is 31.8 Å². The van der Waals surface area contributed by atoms with Crippen molar-refractivity contribution in [2.75, 3.05) is 38.2 Å². The molecular formula is C17H18ClN5O4. The second-order valence-electron chi connectivity index (χ2n) is 6.70. The van der Waals surface area contributed by atoms with Gasteiger partial charge in [0.1, 0.15) is 5.02 Å². The Bertz CT molecular complexity index is 932. The molecule has 2 atom stereocenters. The van der Waals surface area contributed by atoms with Crippen LogP contribution in [0.15, 0.2) is 35.3 Å². The summed E-state index contributed by atoms with van der Waals surface area (Å²) in [6.45, 7) is 2.93. The summed E-state index contributed by atoms with van der Waals surface area (Å²) in [5.41, 5.74) is 0.467. The summed E-state index contributed by atoms with van der Waals surface area (Å²) in [7, 11) is 2.07. The van der Waals surface area contributed by atoms with E-state index in [0.29, 0.717) is 31.1 Å². The Labute approximate surface area is 159 Å². The minimum Gasteiger partial charge on any atom is -0.373 e. The smallest absolute Gasteiger partial charge is 0.292 e. The number of aromatic nitrogens is 2. The van der Waals surface area contributed by atoms with Gasteiger partial charge in [-0.2, -0.15) is 9.78 Å². The fourth-order valence-electron chi connectivity index (χ4n) is 3.60. The van der Waals surface area contributed by atoms with Crippen molar-refractivity contribution in [3.8, 4) is 5.69 Å². The molecule has 0 bridgehead atoms. The van der Waals surface area contributed by atoms with Crippen LogP contribution in [0.4, 0.5) is 11.4 Å². The molecule has 0 aliphatic carbocycles. The van der Waals surface area contributed by atoms with Crippen LogP contribution < -0.4 is 10.5 Å². The molecule has 10 heteroatoms. The lowest BCUT2D eigenvalue weighted by molar-refractivity contribution is -0.384. The van der Waals surface area contributed by atoms with Crippen LogP contribution in [0.25, 0.3) is 5.69 Å². The Hall–Kier alpha value is -2.49. The largest absolute Gasteiger partial charge is 0.373 e. The third-order valence-corrected chi connectivity index (χ3v) is 5.48. The molecule has 2 aliphatic heterocycles. The van der Waals surface area contributed by atoms with E-state index in [4.69, 9.17) is 16.3 Å². The normalized spacial score (nSPS) is 22.7. The molecule has 4 rings (SSSR count). The highest BCUT2D eigenvalue weighted by Crippen LogP contribution is 2.29. The summed E-state index contributed by atoms with van der Waals surface area (Å²) >= 11 is 6.37. The Morgan fingerprint density at radius 1 is 1.30 bits per heavy atom. The molecular weight excluding hydrogens is 374 g/mol. The fourth-order valence-corrected chi connectivity index (χ4v) is 3.85. The predicted octanol–water partition coefficient (Wildman–Crippen LogP) is 1.31. The third kappa shape index (κ3) is 3.18. The zero-order chi connectivity index (χ0) is 19.1. The number of morpholine rings is 1. The van der Waals surface area contributed by atoms with Gasteiger partial charge < -0.3 is 9.64 Å². The van der Waals surface area contributed by atoms with Gasteiger partial charge in [0.15, 0.2) is 0 Å². The Morgan fingerprint density at radius 3 is 2.70 bits per heavy atom. The number of fused-ring (bicyclic) bond motifs is 1. The highest BCUT2D eigenvalue weighted by Gasteiger charge is 2.39. The molecule has 0 spiro atoms. The molecule has 0 N–H and O–H groups in total. The number of hydrogen-bond acceptors (Lipinski definition) is 7. The van der Waals surface area contributed by atoms with E-state index < -0.39 is 10.5 Å². The van der Waals surface area contributed by atoms with E-state index in [1.807, 2.05) is 4.90 Å². The summed E-state index contributed by atoms with van der Waals surface area (Å²) in [5, 5.41) is 15.1. The van der Waals surface area contributed by atoms with Gasteiger partial charge in [0.2, 0.25) is 0 Å². The molecule has 1 aromatic carbocycles. The van der Waals surface area contributed by atoms with Gasteiger partial charge in [-0.25, -0.2) is 0 Å². The van der Waals surface area contributed by atoms with Crippen molar-refractivity contribution in [1.29, 1.82) is 0 Å². The van der Waals surface area contributed by atoms with E-state index in [2.05, 4.69) is 17.0 Å². The molecule has 1 aromatic heterocycles. The van der Waals surface area contributed by atoms with E-state index in [1.54, 1.807) is 6.20 Å². The van der Waals surface area contributed by atoms with Crippen LogP contribution in [0.5, 0.6) is 0 Å². The van der Waals surface area contributed by atoms with E-state index in [1.165, 1.54) is 24.3 Å². The van der Waals surface area contributed by atoms with Gasteiger partial charge in [-0.05, 0) is 19.2 Å². The molecule has 2 aliphatic rings. The Kier molecular flexibility index (Phi) is 4.58. The molecule has 27 heavy (non-hydrogen) atoms. The summed E-state index contributed by atoms with van der Waals surface area (Å²) in [6.07, 6.45) is 1.64. The number of likely N-dealkylation sites (N-methyl/N-ethyl adjacent to an activating group) is 1. The van der Waals surface area contributed by atoms with E-state index in [9.17, 15) is 14.9 Å². The highest BCUT2D eigenvalue weighted by molar-refractivity contribution is 6.33. The molecule has 0 radical (unpaired) electrons. The number of nitro groups is 1. The number of halogens is 1. The van der Waals surface area contributed by atoms with Crippen LogP contribution in [-0.4, -0.2) is 65.0 Å². The van der Waals surface area contributed by atoms with Crippen molar-refractivity contribution in [2.45, 2.75) is 12.1 Å². The zero-order valence-corrected chi connectivity index (χ0v) is 15.4. The van der Waals surface area contributed by atoms with E-state index in [0.717, 1.165) is 11.2 Å². The molecule has 0 amide bonds. The zero-order valence-electron chi connectivity index (χ0n) is 14.6. The number of hydrogen-bond donors (Lipinski definition) is 0.